The molecule has 138 valence electrons. The summed E-state index contributed by atoms with van der Waals surface area (Å²) in [5, 5.41) is 10.8. The third kappa shape index (κ3) is 3.71. The summed E-state index contributed by atoms with van der Waals surface area (Å²) in [6.45, 7) is 0.888. The molecule has 1 aliphatic heterocycles. The predicted octanol–water partition coefficient (Wildman–Crippen LogP) is 3.22. The number of pyridine rings is 1. The lowest BCUT2D eigenvalue weighted by atomic mass is 10.1. The Labute approximate surface area is 153 Å². The molecule has 0 radical (unpaired) electrons. The van der Waals surface area contributed by atoms with Crippen LogP contribution in [-0.2, 0) is 6.54 Å². The zero-order valence-electron chi connectivity index (χ0n) is 14.1. The molecule has 4 rings (SSSR count). The van der Waals surface area contributed by atoms with E-state index in [1.165, 1.54) is 18.5 Å². The van der Waals surface area contributed by atoms with Crippen LogP contribution in [0, 0.1) is 16.1 Å². The topological polar surface area (TPSA) is 92.3 Å². The van der Waals surface area contributed by atoms with Crippen LogP contribution in [0.15, 0.2) is 48.8 Å². The van der Waals surface area contributed by atoms with E-state index in [-0.39, 0.29) is 17.9 Å². The first-order chi connectivity index (χ1) is 13.1. The molecule has 1 atom stereocenters. The lowest BCUT2D eigenvalue weighted by molar-refractivity contribution is -0.389. The minimum absolute atomic E-state index is 0.225. The Morgan fingerprint density at radius 3 is 2.74 bits per heavy atom. The summed E-state index contributed by atoms with van der Waals surface area (Å²) in [5.74, 6) is -0.0769. The molecule has 1 aliphatic rings. The molecule has 2 aromatic heterocycles. The first-order valence-corrected chi connectivity index (χ1v) is 8.31. The number of imidazole rings is 1. The van der Waals surface area contributed by atoms with Gasteiger partial charge in [0.1, 0.15) is 24.7 Å². The Morgan fingerprint density at radius 1 is 1.26 bits per heavy atom. The minimum Gasteiger partial charge on any atom is -0.490 e. The van der Waals surface area contributed by atoms with Gasteiger partial charge in [-0.3, -0.25) is 4.57 Å². The summed E-state index contributed by atoms with van der Waals surface area (Å²) in [6, 6.07) is 10.6. The van der Waals surface area contributed by atoms with E-state index in [1.807, 2.05) is 24.3 Å². The van der Waals surface area contributed by atoms with Crippen LogP contribution in [0.25, 0.3) is 11.1 Å². The molecule has 27 heavy (non-hydrogen) atoms. The van der Waals surface area contributed by atoms with Crippen molar-refractivity contribution >= 4 is 5.82 Å². The van der Waals surface area contributed by atoms with Gasteiger partial charge in [0.15, 0.2) is 0 Å². The standard InChI is InChI=1S/C18H15FN4O4/c19-16-6-3-13(9-20-16)12-1-4-14(5-2-12)26-11-15-7-8-22-10-17(23(24)25)21-18(22)27-15/h1-6,9-10,15H,7-8,11H2. The number of fused-ring (bicyclic) bond motifs is 1. The smallest absolute Gasteiger partial charge is 0.414 e. The van der Waals surface area contributed by atoms with Crippen LogP contribution in [0.4, 0.5) is 10.2 Å². The van der Waals surface area contributed by atoms with Gasteiger partial charge in [0.05, 0.1) is 0 Å². The summed E-state index contributed by atoms with van der Waals surface area (Å²) < 4.78 is 25.9. The molecule has 1 unspecified atom stereocenters. The first kappa shape index (κ1) is 17.0. The highest BCUT2D eigenvalue weighted by Gasteiger charge is 2.28. The van der Waals surface area contributed by atoms with Crippen molar-refractivity contribution in [3.8, 4) is 22.9 Å². The Hall–Kier alpha value is -3.49. The fourth-order valence-corrected chi connectivity index (χ4v) is 2.82. The fourth-order valence-electron chi connectivity index (χ4n) is 2.82. The minimum atomic E-state index is -0.543. The molecular formula is C18H15FN4O4. The highest BCUT2D eigenvalue weighted by Crippen LogP contribution is 2.25. The van der Waals surface area contributed by atoms with E-state index in [2.05, 4.69) is 9.97 Å². The molecule has 3 aromatic rings. The molecule has 1 aromatic carbocycles. The summed E-state index contributed by atoms with van der Waals surface area (Å²) in [6.07, 6.45) is 3.28. The van der Waals surface area contributed by atoms with Crippen LogP contribution >= 0.6 is 0 Å². The predicted molar refractivity (Wildman–Crippen MR) is 93.0 cm³/mol. The number of aryl methyl sites for hydroxylation is 1. The Bertz CT molecular complexity index is 956. The zero-order valence-corrected chi connectivity index (χ0v) is 14.1. The highest BCUT2D eigenvalue weighted by molar-refractivity contribution is 5.62. The number of benzene rings is 1. The quantitative estimate of drug-likeness (QED) is 0.389. The van der Waals surface area contributed by atoms with E-state index in [1.54, 1.807) is 10.6 Å². The second kappa shape index (κ2) is 7.02. The maximum absolute atomic E-state index is 12.9. The number of halogens is 1. The van der Waals surface area contributed by atoms with Gasteiger partial charge in [-0.1, -0.05) is 12.1 Å². The fraction of sp³-hybridized carbons (Fsp3) is 0.222. The number of aromatic nitrogens is 3. The molecule has 0 aliphatic carbocycles. The maximum Gasteiger partial charge on any atom is 0.414 e. The lowest BCUT2D eigenvalue weighted by Crippen LogP contribution is -2.31. The maximum atomic E-state index is 12.9. The normalized spacial score (nSPS) is 15.7. The van der Waals surface area contributed by atoms with Crippen LogP contribution < -0.4 is 9.47 Å². The van der Waals surface area contributed by atoms with E-state index in [4.69, 9.17) is 9.47 Å². The molecule has 8 nitrogen and oxygen atoms in total. The van der Waals surface area contributed by atoms with Gasteiger partial charge in [-0.15, -0.1) is 0 Å². The van der Waals surface area contributed by atoms with E-state index in [0.717, 1.165) is 11.1 Å². The molecule has 0 bridgehead atoms. The Morgan fingerprint density at radius 2 is 2.04 bits per heavy atom. The number of ether oxygens (including phenoxy) is 2. The summed E-state index contributed by atoms with van der Waals surface area (Å²) in [7, 11) is 0. The van der Waals surface area contributed by atoms with Crippen LogP contribution in [0.3, 0.4) is 0 Å². The molecule has 0 saturated heterocycles. The van der Waals surface area contributed by atoms with Gasteiger partial charge in [0.25, 0.3) is 0 Å². The second-order valence-electron chi connectivity index (χ2n) is 6.07. The van der Waals surface area contributed by atoms with Crippen LogP contribution in [0.5, 0.6) is 11.8 Å². The highest BCUT2D eigenvalue weighted by atomic mass is 19.1. The number of rotatable bonds is 5. The molecule has 0 fully saturated rings. The van der Waals surface area contributed by atoms with Gasteiger partial charge >= 0.3 is 11.8 Å². The average molecular weight is 370 g/mol. The zero-order chi connectivity index (χ0) is 18.8. The van der Waals surface area contributed by atoms with E-state index < -0.39 is 10.9 Å². The third-order valence-corrected chi connectivity index (χ3v) is 4.23. The van der Waals surface area contributed by atoms with Crippen LogP contribution in [-0.4, -0.2) is 32.2 Å². The van der Waals surface area contributed by atoms with E-state index in [9.17, 15) is 14.5 Å². The first-order valence-electron chi connectivity index (χ1n) is 8.31. The molecule has 9 heteroatoms. The summed E-state index contributed by atoms with van der Waals surface area (Å²) in [4.78, 5) is 17.7. The number of hydrogen-bond acceptors (Lipinski definition) is 6. The number of nitro groups is 1. The number of nitrogens with zero attached hydrogens (tertiary/aromatic N) is 4. The molecule has 0 N–H and O–H groups in total. The molecular weight excluding hydrogens is 355 g/mol. The van der Waals surface area contributed by atoms with Crippen LogP contribution in [0.2, 0.25) is 0 Å². The molecule has 0 spiro atoms. The van der Waals surface area contributed by atoms with Crippen LogP contribution in [0.1, 0.15) is 6.42 Å². The molecule has 0 saturated carbocycles. The largest absolute Gasteiger partial charge is 0.490 e. The molecule has 0 amide bonds. The van der Waals surface area contributed by atoms with Crippen molar-refractivity contribution in [2.75, 3.05) is 6.61 Å². The SMILES string of the molecule is O=[N+]([O-])c1cn2c(n1)OC(COc1ccc(-c3ccc(F)nc3)cc1)CC2. The average Bonchev–Trinajstić information content (AvgIpc) is 3.11. The van der Waals surface area contributed by atoms with Gasteiger partial charge in [-0.25, -0.2) is 4.98 Å². The Balaban J connectivity index is 1.36. The van der Waals surface area contributed by atoms with Crippen molar-refractivity contribution < 1.29 is 18.8 Å². The van der Waals surface area contributed by atoms with Crippen molar-refractivity contribution in [2.45, 2.75) is 19.1 Å². The van der Waals surface area contributed by atoms with E-state index >= 15 is 0 Å². The van der Waals surface area contributed by atoms with Crippen molar-refractivity contribution in [1.29, 1.82) is 0 Å². The van der Waals surface area contributed by atoms with Gasteiger partial charge < -0.3 is 19.6 Å². The summed E-state index contributed by atoms with van der Waals surface area (Å²) >= 11 is 0. The number of hydrogen-bond donors (Lipinski definition) is 0. The van der Waals surface area contributed by atoms with Gasteiger partial charge in [0.2, 0.25) is 5.95 Å². The third-order valence-electron chi connectivity index (χ3n) is 4.23. The van der Waals surface area contributed by atoms with E-state index in [0.29, 0.717) is 25.3 Å². The summed E-state index contributed by atoms with van der Waals surface area (Å²) in [5.41, 5.74) is 1.71. The second-order valence-corrected chi connectivity index (χ2v) is 6.07. The Kier molecular flexibility index (Phi) is 4.41. The van der Waals surface area contributed by atoms with Gasteiger partial charge in [0, 0.05) is 29.7 Å². The van der Waals surface area contributed by atoms with Crippen molar-refractivity contribution in [3.63, 3.8) is 0 Å². The van der Waals surface area contributed by atoms with Crippen molar-refractivity contribution in [3.05, 3.63) is 64.9 Å². The molecule has 3 heterocycles. The van der Waals surface area contributed by atoms with Crippen molar-refractivity contribution in [1.82, 2.24) is 14.5 Å². The lowest BCUT2D eigenvalue weighted by Gasteiger charge is -2.22. The van der Waals surface area contributed by atoms with Gasteiger partial charge in [-0.2, -0.15) is 4.39 Å². The van der Waals surface area contributed by atoms with Crippen molar-refractivity contribution in [2.24, 2.45) is 0 Å². The van der Waals surface area contributed by atoms with Gasteiger partial charge in [-0.05, 0) is 34.8 Å². The monoisotopic (exact) mass is 370 g/mol.